The number of rotatable bonds is 9. The van der Waals surface area contributed by atoms with Gasteiger partial charge in [-0.15, -0.1) is 28.1 Å². The van der Waals surface area contributed by atoms with Crippen molar-refractivity contribution in [3.8, 4) is 5.75 Å². The van der Waals surface area contributed by atoms with Crippen LogP contribution in [0.5, 0.6) is 5.75 Å². The number of nitrogens with one attached hydrogen (secondary N) is 1. The third-order valence-electron chi connectivity index (χ3n) is 3.31. The summed E-state index contributed by atoms with van der Waals surface area (Å²) >= 11 is 8.76. The van der Waals surface area contributed by atoms with Crippen LogP contribution in [0.15, 0.2) is 53.7 Å². The Balaban J connectivity index is 1.63. The standard InChI is InChI=1S/C17H16ClN5O2S2/c1-2-8-23-14(10-25-13-6-4-3-5-12(13)18)21-22-17(23)27-11-15(24)20-16-19-7-9-26-16/h2-7,9H,1,8,10-11H2,(H,19,20,24). The lowest BCUT2D eigenvalue weighted by Crippen LogP contribution is -2.14. The van der Waals surface area contributed by atoms with Gasteiger partial charge in [-0.05, 0) is 12.1 Å². The van der Waals surface area contributed by atoms with Crippen LogP contribution in [0, 0.1) is 0 Å². The lowest BCUT2D eigenvalue weighted by atomic mass is 10.3. The molecule has 1 amide bonds. The molecule has 3 rings (SSSR count). The molecule has 2 aromatic heterocycles. The molecular formula is C17H16ClN5O2S2. The molecule has 0 aliphatic rings. The molecule has 0 spiro atoms. The Hall–Kier alpha value is -2.36. The van der Waals surface area contributed by atoms with Crippen molar-refractivity contribution < 1.29 is 9.53 Å². The topological polar surface area (TPSA) is 81.9 Å². The molecule has 27 heavy (non-hydrogen) atoms. The lowest BCUT2D eigenvalue weighted by molar-refractivity contribution is -0.113. The summed E-state index contributed by atoms with van der Waals surface area (Å²) in [6.45, 7) is 4.47. The predicted molar refractivity (Wildman–Crippen MR) is 107 cm³/mol. The van der Waals surface area contributed by atoms with Crippen LogP contribution in [0.3, 0.4) is 0 Å². The highest BCUT2D eigenvalue weighted by Crippen LogP contribution is 2.25. The van der Waals surface area contributed by atoms with Gasteiger partial charge in [-0.2, -0.15) is 0 Å². The van der Waals surface area contributed by atoms with Gasteiger partial charge in [0.25, 0.3) is 0 Å². The molecule has 0 radical (unpaired) electrons. The zero-order valence-corrected chi connectivity index (χ0v) is 16.6. The van der Waals surface area contributed by atoms with E-state index in [4.69, 9.17) is 16.3 Å². The van der Waals surface area contributed by atoms with Crippen molar-refractivity contribution in [2.24, 2.45) is 0 Å². The number of para-hydroxylation sites is 1. The Bertz CT molecular complexity index is 914. The largest absolute Gasteiger partial charge is 0.484 e. The quantitative estimate of drug-likeness (QED) is 0.417. The Morgan fingerprint density at radius 1 is 1.41 bits per heavy atom. The average Bonchev–Trinajstić information content (AvgIpc) is 3.30. The Morgan fingerprint density at radius 3 is 3.00 bits per heavy atom. The monoisotopic (exact) mass is 421 g/mol. The van der Waals surface area contributed by atoms with Gasteiger partial charge in [-0.1, -0.05) is 41.6 Å². The maximum atomic E-state index is 12.0. The van der Waals surface area contributed by atoms with Gasteiger partial charge in [0.15, 0.2) is 16.1 Å². The molecule has 0 unspecified atom stereocenters. The van der Waals surface area contributed by atoms with Crippen molar-refractivity contribution in [3.05, 3.63) is 59.3 Å². The van der Waals surface area contributed by atoms with Gasteiger partial charge >= 0.3 is 0 Å². The normalized spacial score (nSPS) is 10.6. The molecular weight excluding hydrogens is 406 g/mol. The summed E-state index contributed by atoms with van der Waals surface area (Å²) in [5, 5.41) is 14.6. The molecule has 1 N–H and O–H groups in total. The number of ether oxygens (including phenoxy) is 1. The molecule has 0 atom stereocenters. The first kappa shape index (κ1) is 19.4. The fourth-order valence-electron chi connectivity index (χ4n) is 2.12. The first-order valence-electron chi connectivity index (χ1n) is 7.90. The number of anilines is 1. The van der Waals surface area contributed by atoms with Crippen LogP contribution >= 0.6 is 34.7 Å². The zero-order valence-electron chi connectivity index (χ0n) is 14.2. The summed E-state index contributed by atoms with van der Waals surface area (Å²) in [6.07, 6.45) is 3.38. The number of aromatic nitrogens is 4. The van der Waals surface area contributed by atoms with Gasteiger partial charge in [0.2, 0.25) is 5.91 Å². The van der Waals surface area contributed by atoms with Crippen molar-refractivity contribution in [2.45, 2.75) is 18.3 Å². The van der Waals surface area contributed by atoms with Crippen molar-refractivity contribution in [1.29, 1.82) is 0 Å². The van der Waals surface area contributed by atoms with Gasteiger partial charge in [0.05, 0.1) is 10.8 Å². The first-order valence-corrected chi connectivity index (χ1v) is 10.1. The van der Waals surface area contributed by atoms with E-state index < -0.39 is 0 Å². The minimum absolute atomic E-state index is 0.156. The highest BCUT2D eigenvalue weighted by Gasteiger charge is 2.15. The van der Waals surface area contributed by atoms with Crippen molar-refractivity contribution in [3.63, 3.8) is 0 Å². The third kappa shape index (κ3) is 5.31. The first-order chi connectivity index (χ1) is 13.2. The summed E-state index contributed by atoms with van der Waals surface area (Å²) < 4.78 is 7.59. The molecule has 10 heteroatoms. The molecule has 140 valence electrons. The number of hydrogen-bond acceptors (Lipinski definition) is 7. The van der Waals surface area contributed by atoms with E-state index in [9.17, 15) is 4.79 Å². The number of amides is 1. The average molecular weight is 422 g/mol. The van der Waals surface area contributed by atoms with Crippen molar-refractivity contribution in [1.82, 2.24) is 19.7 Å². The highest BCUT2D eigenvalue weighted by molar-refractivity contribution is 7.99. The number of thiazole rings is 1. The second-order valence-electron chi connectivity index (χ2n) is 5.19. The second kappa shape index (κ2) is 9.54. The lowest BCUT2D eigenvalue weighted by Gasteiger charge is -2.10. The molecule has 0 aliphatic carbocycles. The number of benzene rings is 1. The maximum Gasteiger partial charge on any atom is 0.236 e. The predicted octanol–water partition coefficient (Wildman–Crippen LogP) is 3.88. The summed E-state index contributed by atoms with van der Waals surface area (Å²) in [7, 11) is 0. The molecule has 1 aromatic carbocycles. The SMILES string of the molecule is C=CCn1c(COc2ccccc2Cl)nnc1SCC(=O)Nc1nccs1. The summed E-state index contributed by atoms with van der Waals surface area (Å²) in [6, 6.07) is 7.22. The van der Waals surface area contributed by atoms with E-state index in [1.54, 1.807) is 29.8 Å². The molecule has 0 bridgehead atoms. The molecule has 0 saturated carbocycles. The molecule has 0 fully saturated rings. The minimum Gasteiger partial charge on any atom is -0.484 e. The van der Waals surface area contributed by atoms with E-state index in [1.165, 1.54) is 23.1 Å². The van der Waals surface area contributed by atoms with E-state index in [2.05, 4.69) is 27.1 Å². The summed E-state index contributed by atoms with van der Waals surface area (Å²) in [5.41, 5.74) is 0. The molecule has 3 aromatic rings. The van der Waals surface area contributed by atoms with Gasteiger partial charge in [-0.3, -0.25) is 9.36 Å². The van der Waals surface area contributed by atoms with Crippen molar-refractivity contribution >= 4 is 45.7 Å². The zero-order chi connectivity index (χ0) is 19.1. The Kier molecular flexibility index (Phi) is 6.86. The number of thioether (sulfide) groups is 1. The van der Waals surface area contributed by atoms with Gasteiger partial charge in [-0.25, -0.2) is 4.98 Å². The van der Waals surface area contributed by atoms with E-state index >= 15 is 0 Å². The molecule has 2 heterocycles. The van der Waals surface area contributed by atoms with E-state index in [0.29, 0.717) is 33.4 Å². The highest BCUT2D eigenvalue weighted by atomic mass is 35.5. The van der Waals surface area contributed by atoms with Crippen LogP contribution in [0.25, 0.3) is 0 Å². The molecule has 0 saturated heterocycles. The van der Waals surface area contributed by atoms with Crippen LogP contribution in [0.4, 0.5) is 5.13 Å². The van der Waals surface area contributed by atoms with Gasteiger partial charge < -0.3 is 10.1 Å². The maximum absolute atomic E-state index is 12.0. The van der Waals surface area contributed by atoms with Crippen LogP contribution in [-0.2, 0) is 17.9 Å². The number of halogens is 1. The summed E-state index contributed by atoms with van der Waals surface area (Å²) in [4.78, 5) is 16.1. The number of carbonyl (C=O) groups excluding carboxylic acids is 1. The van der Waals surface area contributed by atoms with Crippen molar-refractivity contribution in [2.75, 3.05) is 11.1 Å². The molecule has 0 aliphatic heterocycles. The number of carbonyl (C=O) groups is 1. The molecule has 7 nitrogen and oxygen atoms in total. The fraction of sp³-hybridized carbons (Fsp3) is 0.176. The van der Waals surface area contributed by atoms with Crippen LogP contribution in [0.2, 0.25) is 5.02 Å². The van der Waals surface area contributed by atoms with Crippen LogP contribution < -0.4 is 10.1 Å². The number of nitrogens with zero attached hydrogens (tertiary/aromatic N) is 4. The fourth-order valence-corrected chi connectivity index (χ4v) is 3.62. The third-order valence-corrected chi connectivity index (χ3v) is 5.28. The number of hydrogen-bond donors (Lipinski definition) is 1. The van der Waals surface area contributed by atoms with Crippen LogP contribution in [-0.4, -0.2) is 31.4 Å². The van der Waals surface area contributed by atoms with E-state index in [0.717, 1.165) is 0 Å². The Labute approximate surface area is 169 Å². The number of allylic oxidation sites excluding steroid dienone is 1. The smallest absolute Gasteiger partial charge is 0.236 e. The Morgan fingerprint density at radius 2 is 2.26 bits per heavy atom. The second-order valence-corrected chi connectivity index (χ2v) is 7.44. The van der Waals surface area contributed by atoms with Gasteiger partial charge in [0.1, 0.15) is 12.4 Å². The van der Waals surface area contributed by atoms with E-state index in [1.807, 2.05) is 16.7 Å². The van der Waals surface area contributed by atoms with Crippen LogP contribution in [0.1, 0.15) is 5.82 Å². The summed E-state index contributed by atoms with van der Waals surface area (Å²) in [5.74, 6) is 1.24. The van der Waals surface area contributed by atoms with E-state index in [-0.39, 0.29) is 18.3 Å². The van der Waals surface area contributed by atoms with Gasteiger partial charge in [0, 0.05) is 18.1 Å². The minimum atomic E-state index is -0.156.